The van der Waals surface area contributed by atoms with Gasteiger partial charge in [0.25, 0.3) is 0 Å². The van der Waals surface area contributed by atoms with Crippen LogP contribution in [-0.4, -0.2) is 51.5 Å². The van der Waals surface area contributed by atoms with Crippen molar-refractivity contribution in [2.24, 2.45) is 0 Å². The molecule has 3 aromatic rings. The lowest BCUT2D eigenvalue weighted by atomic mass is 10.3. The second-order valence-corrected chi connectivity index (χ2v) is 6.88. The molecule has 2 aromatic heterocycles. The molecule has 0 aliphatic heterocycles. The van der Waals surface area contributed by atoms with E-state index >= 15 is 0 Å². The van der Waals surface area contributed by atoms with Gasteiger partial charge < -0.3 is 14.1 Å². The van der Waals surface area contributed by atoms with Crippen LogP contribution >= 0.6 is 11.8 Å². The monoisotopic (exact) mass is 404 g/mol. The Balaban J connectivity index is 1.49. The molecule has 0 aliphatic carbocycles. The number of nitrogens with zero attached hydrogens (tertiary/aromatic N) is 4. The van der Waals surface area contributed by atoms with Gasteiger partial charge in [-0.05, 0) is 43.3 Å². The number of benzene rings is 1. The third-order valence-corrected chi connectivity index (χ3v) is 4.99. The quantitative estimate of drug-likeness (QED) is 0.510. The Morgan fingerprint density at radius 1 is 1.29 bits per heavy atom. The summed E-state index contributed by atoms with van der Waals surface area (Å²) >= 11 is 1.33. The SMILES string of the molecule is CCn1c(SCC(=O)N(C)CCOc2ccc(F)cc2)nnc1-c1ccco1. The maximum atomic E-state index is 12.9. The minimum Gasteiger partial charge on any atom is -0.492 e. The van der Waals surface area contributed by atoms with Crippen LogP contribution in [0.5, 0.6) is 5.75 Å². The summed E-state index contributed by atoms with van der Waals surface area (Å²) < 4.78 is 25.7. The summed E-state index contributed by atoms with van der Waals surface area (Å²) in [6.07, 6.45) is 1.59. The first kappa shape index (κ1) is 19.9. The number of hydrogen-bond donors (Lipinski definition) is 0. The fraction of sp³-hybridized carbons (Fsp3) is 0.316. The molecular weight excluding hydrogens is 383 g/mol. The van der Waals surface area contributed by atoms with E-state index in [1.54, 1.807) is 36.4 Å². The molecule has 0 bridgehead atoms. The largest absolute Gasteiger partial charge is 0.492 e. The van der Waals surface area contributed by atoms with Crippen LogP contribution in [0.3, 0.4) is 0 Å². The number of amides is 1. The summed E-state index contributed by atoms with van der Waals surface area (Å²) in [5, 5.41) is 9.01. The van der Waals surface area contributed by atoms with Gasteiger partial charge in [-0.25, -0.2) is 4.39 Å². The highest BCUT2D eigenvalue weighted by atomic mass is 32.2. The molecule has 7 nitrogen and oxygen atoms in total. The first-order valence-corrected chi connectivity index (χ1v) is 9.79. The van der Waals surface area contributed by atoms with Gasteiger partial charge in [0, 0.05) is 13.6 Å². The second kappa shape index (κ2) is 9.41. The molecule has 0 fully saturated rings. The van der Waals surface area contributed by atoms with Crippen molar-refractivity contribution in [1.82, 2.24) is 19.7 Å². The highest BCUT2D eigenvalue weighted by Crippen LogP contribution is 2.24. The Kier molecular flexibility index (Phi) is 6.70. The molecular formula is C19H21FN4O3S. The van der Waals surface area contributed by atoms with Crippen LogP contribution in [0.2, 0.25) is 0 Å². The maximum absolute atomic E-state index is 12.9. The van der Waals surface area contributed by atoms with Gasteiger partial charge in [-0.1, -0.05) is 11.8 Å². The number of thioether (sulfide) groups is 1. The molecule has 0 unspecified atom stereocenters. The minimum atomic E-state index is -0.313. The summed E-state index contributed by atoms with van der Waals surface area (Å²) in [6, 6.07) is 9.40. The number of ether oxygens (including phenoxy) is 1. The summed E-state index contributed by atoms with van der Waals surface area (Å²) in [5.74, 6) is 1.73. The normalized spacial score (nSPS) is 10.8. The Morgan fingerprint density at radius 2 is 2.07 bits per heavy atom. The fourth-order valence-corrected chi connectivity index (χ4v) is 3.40. The van der Waals surface area contributed by atoms with Gasteiger partial charge in [-0.15, -0.1) is 10.2 Å². The van der Waals surface area contributed by atoms with Crippen LogP contribution in [0, 0.1) is 5.82 Å². The minimum absolute atomic E-state index is 0.0436. The summed E-state index contributed by atoms with van der Waals surface area (Å²) in [4.78, 5) is 14.0. The Labute approximate surface area is 166 Å². The number of likely N-dealkylation sites (N-methyl/N-ethyl adjacent to an activating group) is 1. The van der Waals surface area contributed by atoms with Gasteiger partial charge >= 0.3 is 0 Å². The van der Waals surface area contributed by atoms with Crippen LogP contribution in [0.15, 0.2) is 52.2 Å². The Hall–Kier alpha value is -2.81. The topological polar surface area (TPSA) is 73.4 Å². The van der Waals surface area contributed by atoms with E-state index in [1.165, 1.54) is 23.9 Å². The van der Waals surface area contributed by atoms with E-state index in [0.717, 1.165) is 0 Å². The van der Waals surface area contributed by atoms with Crippen molar-refractivity contribution >= 4 is 17.7 Å². The summed E-state index contributed by atoms with van der Waals surface area (Å²) in [5.41, 5.74) is 0. The van der Waals surface area contributed by atoms with Crippen LogP contribution in [0.25, 0.3) is 11.6 Å². The highest BCUT2D eigenvalue weighted by Gasteiger charge is 2.17. The predicted molar refractivity (Wildman–Crippen MR) is 104 cm³/mol. The van der Waals surface area contributed by atoms with Gasteiger partial charge in [0.15, 0.2) is 16.7 Å². The lowest BCUT2D eigenvalue weighted by Gasteiger charge is -2.17. The molecule has 0 N–H and O–H groups in total. The molecule has 2 heterocycles. The molecule has 3 rings (SSSR count). The van der Waals surface area contributed by atoms with E-state index in [0.29, 0.717) is 42.2 Å². The molecule has 0 aliphatic rings. The number of aromatic nitrogens is 3. The molecule has 148 valence electrons. The lowest BCUT2D eigenvalue weighted by Crippen LogP contribution is -2.32. The third kappa shape index (κ3) is 4.92. The first-order chi connectivity index (χ1) is 13.6. The highest BCUT2D eigenvalue weighted by molar-refractivity contribution is 7.99. The number of hydrogen-bond acceptors (Lipinski definition) is 6. The summed E-state index contributed by atoms with van der Waals surface area (Å²) in [7, 11) is 1.72. The van der Waals surface area contributed by atoms with Gasteiger partial charge in [-0.3, -0.25) is 9.36 Å². The van der Waals surface area contributed by atoms with E-state index in [4.69, 9.17) is 9.15 Å². The van der Waals surface area contributed by atoms with Crippen molar-refractivity contribution in [3.8, 4) is 17.3 Å². The van der Waals surface area contributed by atoms with E-state index in [2.05, 4.69) is 10.2 Å². The van der Waals surface area contributed by atoms with E-state index in [9.17, 15) is 9.18 Å². The Morgan fingerprint density at radius 3 is 2.75 bits per heavy atom. The second-order valence-electron chi connectivity index (χ2n) is 5.93. The average Bonchev–Trinajstić information content (AvgIpc) is 3.36. The zero-order chi connectivity index (χ0) is 19.9. The van der Waals surface area contributed by atoms with E-state index in [-0.39, 0.29) is 17.5 Å². The van der Waals surface area contributed by atoms with E-state index < -0.39 is 0 Å². The zero-order valence-corrected chi connectivity index (χ0v) is 16.5. The molecule has 0 spiro atoms. The molecule has 0 atom stereocenters. The third-order valence-electron chi connectivity index (χ3n) is 4.03. The van der Waals surface area contributed by atoms with Crippen LogP contribution in [-0.2, 0) is 11.3 Å². The molecule has 0 saturated carbocycles. The van der Waals surface area contributed by atoms with Crippen molar-refractivity contribution in [1.29, 1.82) is 0 Å². The van der Waals surface area contributed by atoms with Gasteiger partial charge in [-0.2, -0.15) is 0 Å². The van der Waals surface area contributed by atoms with Crippen LogP contribution in [0.1, 0.15) is 6.92 Å². The number of rotatable bonds is 9. The summed E-state index contributed by atoms with van der Waals surface area (Å²) in [6.45, 7) is 3.41. The Bertz CT molecular complexity index is 897. The first-order valence-electron chi connectivity index (χ1n) is 8.80. The zero-order valence-electron chi connectivity index (χ0n) is 15.7. The molecule has 1 amide bonds. The van der Waals surface area contributed by atoms with Crippen molar-refractivity contribution in [3.05, 3.63) is 48.5 Å². The fourth-order valence-electron chi connectivity index (χ4n) is 2.46. The smallest absolute Gasteiger partial charge is 0.232 e. The number of carbonyl (C=O) groups excluding carboxylic acids is 1. The number of halogens is 1. The number of furan rings is 1. The maximum Gasteiger partial charge on any atom is 0.232 e. The van der Waals surface area contributed by atoms with Crippen molar-refractivity contribution in [2.45, 2.75) is 18.6 Å². The molecule has 1 aromatic carbocycles. The van der Waals surface area contributed by atoms with E-state index in [1.807, 2.05) is 17.6 Å². The molecule has 0 radical (unpaired) electrons. The number of carbonyl (C=O) groups is 1. The van der Waals surface area contributed by atoms with Gasteiger partial charge in [0.2, 0.25) is 5.91 Å². The molecule has 28 heavy (non-hydrogen) atoms. The van der Waals surface area contributed by atoms with Gasteiger partial charge in [0.05, 0.1) is 18.6 Å². The predicted octanol–water partition coefficient (Wildman–Crippen LogP) is 3.33. The van der Waals surface area contributed by atoms with Crippen LogP contribution in [0.4, 0.5) is 4.39 Å². The van der Waals surface area contributed by atoms with Crippen molar-refractivity contribution < 1.29 is 18.3 Å². The van der Waals surface area contributed by atoms with Crippen LogP contribution < -0.4 is 4.74 Å². The lowest BCUT2D eigenvalue weighted by molar-refractivity contribution is -0.127. The van der Waals surface area contributed by atoms with Crippen molar-refractivity contribution in [2.75, 3.05) is 26.0 Å². The van der Waals surface area contributed by atoms with Gasteiger partial charge in [0.1, 0.15) is 18.2 Å². The standard InChI is InChI=1S/C19H21FN4O3S/c1-3-24-18(16-5-4-11-27-16)21-22-19(24)28-13-17(25)23(2)10-12-26-15-8-6-14(20)7-9-15/h4-9,11H,3,10,12-13H2,1-2H3. The molecule has 0 saturated heterocycles. The average molecular weight is 404 g/mol. The van der Waals surface area contributed by atoms with Crippen molar-refractivity contribution in [3.63, 3.8) is 0 Å². The molecule has 9 heteroatoms.